The molecule has 0 radical (unpaired) electrons. The highest BCUT2D eigenvalue weighted by Crippen LogP contribution is 2.39. The number of alkyl halides is 3. The van der Waals surface area contributed by atoms with Gasteiger partial charge >= 0.3 is 0 Å². The highest BCUT2D eigenvalue weighted by atomic mass is 35.6. The molecule has 0 unspecified atom stereocenters. The lowest BCUT2D eigenvalue weighted by Crippen LogP contribution is -2.20. The fourth-order valence-electron chi connectivity index (χ4n) is 0.709. The first-order chi connectivity index (χ1) is 6.39. The summed E-state index contributed by atoms with van der Waals surface area (Å²) in [6, 6.07) is 6.89. The van der Waals surface area contributed by atoms with E-state index in [1.54, 1.807) is 24.3 Å². The minimum atomic E-state index is -1.69. The summed E-state index contributed by atoms with van der Waals surface area (Å²) in [7, 11) is 0. The van der Waals surface area contributed by atoms with Gasteiger partial charge in [0, 0.05) is 9.92 Å². The molecule has 0 aliphatic rings. The average Bonchev–Trinajstić information content (AvgIpc) is 2.07. The first kappa shape index (κ1) is 12.8. The van der Waals surface area contributed by atoms with E-state index in [1.807, 2.05) is 0 Å². The van der Waals surface area contributed by atoms with Crippen LogP contribution in [-0.4, -0.2) is 14.3 Å². The van der Waals surface area contributed by atoms with Crippen LogP contribution in [0.1, 0.15) is 0 Å². The first-order valence-electron chi connectivity index (χ1n) is 3.56. The Labute approximate surface area is 106 Å². The zero-order valence-corrected chi connectivity index (χ0v) is 10.6. The number of thioether (sulfide) groups is 1. The molecule has 0 heterocycles. The molecule has 1 atom stereocenters. The Hall–Kier alpha value is 0.690. The second-order valence-corrected chi connectivity index (χ2v) is 6.42. The molecule has 0 bridgehead atoms. The normalized spacial score (nSPS) is 14.1. The largest absolute Gasteiger partial charge is 0.378 e. The summed E-state index contributed by atoms with van der Waals surface area (Å²) in [5, 5.41) is 10.1. The number of rotatable bonds is 2. The van der Waals surface area contributed by atoms with Crippen molar-refractivity contribution >= 4 is 58.2 Å². The van der Waals surface area contributed by atoms with E-state index in [1.165, 1.54) is 0 Å². The van der Waals surface area contributed by atoms with E-state index in [0.717, 1.165) is 16.7 Å². The number of aliphatic hydroxyl groups excluding tert-OH is 1. The molecule has 0 saturated heterocycles. The van der Waals surface area contributed by atoms with E-state index < -0.39 is 9.23 Å². The van der Waals surface area contributed by atoms with Crippen LogP contribution in [0, 0.1) is 0 Å². The second-order valence-electron chi connectivity index (χ2n) is 2.47. The van der Waals surface area contributed by atoms with Gasteiger partial charge in [-0.1, -0.05) is 58.2 Å². The average molecular weight is 292 g/mol. The van der Waals surface area contributed by atoms with Gasteiger partial charge in [0.15, 0.2) is 5.44 Å². The molecule has 1 nitrogen and oxygen atoms in total. The van der Waals surface area contributed by atoms with Crippen molar-refractivity contribution in [1.82, 2.24) is 0 Å². The molecule has 0 amide bonds. The van der Waals surface area contributed by atoms with Gasteiger partial charge < -0.3 is 5.11 Å². The number of hydrogen-bond acceptors (Lipinski definition) is 2. The standard InChI is InChI=1S/C8H6Cl4OS/c9-5-1-3-6(4-2-5)14-7(13)8(10,11)12/h1-4,7,13H/t7-/m1/s1. The van der Waals surface area contributed by atoms with E-state index in [2.05, 4.69) is 0 Å². The van der Waals surface area contributed by atoms with Gasteiger partial charge in [-0.2, -0.15) is 0 Å². The van der Waals surface area contributed by atoms with Crippen molar-refractivity contribution < 1.29 is 5.11 Å². The number of halogens is 4. The summed E-state index contributed by atoms with van der Waals surface area (Å²) in [6.07, 6.45) is 0. The van der Waals surface area contributed by atoms with Crippen LogP contribution in [0.5, 0.6) is 0 Å². The van der Waals surface area contributed by atoms with Gasteiger partial charge in [0.2, 0.25) is 3.79 Å². The molecule has 1 N–H and O–H groups in total. The summed E-state index contributed by atoms with van der Waals surface area (Å²) in [4.78, 5) is 0.785. The van der Waals surface area contributed by atoms with Crippen molar-refractivity contribution in [2.24, 2.45) is 0 Å². The third-order valence-corrected chi connectivity index (χ3v) is 3.72. The summed E-state index contributed by atoms with van der Waals surface area (Å²) in [5.41, 5.74) is -1.10. The van der Waals surface area contributed by atoms with Crippen LogP contribution in [0.4, 0.5) is 0 Å². The molecular formula is C8H6Cl4OS. The SMILES string of the molecule is O[C@H](Sc1ccc(Cl)cc1)C(Cl)(Cl)Cl. The van der Waals surface area contributed by atoms with Gasteiger partial charge in [0.05, 0.1) is 0 Å². The van der Waals surface area contributed by atoms with Crippen LogP contribution in [0.25, 0.3) is 0 Å². The first-order valence-corrected chi connectivity index (χ1v) is 5.96. The van der Waals surface area contributed by atoms with Gasteiger partial charge in [-0.25, -0.2) is 0 Å². The van der Waals surface area contributed by atoms with Crippen molar-refractivity contribution in [2.45, 2.75) is 14.1 Å². The third-order valence-electron chi connectivity index (χ3n) is 1.34. The number of benzene rings is 1. The summed E-state index contributed by atoms with van der Waals surface area (Å²) < 4.78 is -1.69. The molecule has 0 fully saturated rings. The Morgan fingerprint density at radius 2 is 1.64 bits per heavy atom. The fourth-order valence-corrected chi connectivity index (χ4v) is 1.92. The topological polar surface area (TPSA) is 20.2 Å². The van der Waals surface area contributed by atoms with E-state index in [0.29, 0.717) is 5.02 Å². The second kappa shape index (κ2) is 5.15. The van der Waals surface area contributed by atoms with Crippen LogP contribution in [-0.2, 0) is 0 Å². The van der Waals surface area contributed by atoms with Crippen molar-refractivity contribution in [3.05, 3.63) is 29.3 Å². The monoisotopic (exact) mass is 290 g/mol. The van der Waals surface area contributed by atoms with Gasteiger partial charge in [-0.3, -0.25) is 0 Å². The lowest BCUT2D eigenvalue weighted by atomic mass is 10.4. The van der Waals surface area contributed by atoms with Crippen molar-refractivity contribution in [2.75, 3.05) is 0 Å². The zero-order chi connectivity index (χ0) is 10.8. The molecule has 1 aromatic carbocycles. The minimum Gasteiger partial charge on any atom is -0.378 e. The molecule has 1 rings (SSSR count). The van der Waals surface area contributed by atoms with Crippen molar-refractivity contribution in [3.8, 4) is 0 Å². The Balaban J connectivity index is 2.65. The minimum absolute atomic E-state index is 0.623. The smallest absolute Gasteiger partial charge is 0.225 e. The lowest BCUT2D eigenvalue weighted by molar-refractivity contribution is 0.268. The maximum atomic E-state index is 9.44. The third kappa shape index (κ3) is 4.05. The van der Waals surface area contributed by atoms with Crippen LogP contribution in [0.3, 0.4) is 0 Å². The highest BCUT2D eigenvalue weighted by Gasteiger charge is 2.31. The van der Waals surface area contributed by atoms with E-state index in [-0.39, 0.29) is 0 Å². The maximum Gasteiger partial charge on any atom is 0.225 e. The maximum absolute atomic E-state index is 9.44. The molecule has 0 saturated carbocycles. The number of aliphatic hydroxyl groups is 1. The van der Waals surface area contributed by atoms with Crippen molar-refractivity contribution in [3.63, 3.8) is 0 Å². The molecule has 0 aliphatic heterocycles. The Bertz CT molecular complexity index is 295. The van der Waals surface area contributed by atoms with Crippen LogP contribution < -0.4 is 0 Å². The van der Waals surface area contributed by atoms with Gasteiger partial charge in [0.25, 0.3) is 0 Å². The molecule has 0 aliphatic carbocycles. The van der Waals surface area contributed by atoms with E-state index in [4.69, 9.17) is 46.4 Å². The van der Waals surface area contributed by atoms with Crippen molar-refractivity contribution in [1.29, 1.82) is 0 Å². The molecule has 1 aromatic rings. The predicted octanol–water partition coefficient (Wildman–Crippen LogP) is 4.12. The van der Waals surface area contributed by atoms with Crippen LogP contribution in [0.15, 0.2) is 29.2 Å². The van der Waals surface area contributed by atoms with E-state index >= 15 is 0 Å². The van der Waals surface area contributed by atoms with Crippen LogP contribution in [0.2, 0.25) is 5.02 Å². The molecule has 78 valence electrons. The Morgan fingerprint density at radius 3 is 2.07 bits per heavy atom. The number of hydrogen-bond donors (Lipinski definition) is 1. The lowest BCUT2D eigenvalue weighted by Gasteiger charge is -2.17. The fraction of sp³-hybridized carbons (Fsp3) is 0.250. The highest BCUT2D eigenvalue weighted by molar-refractivity contribution is 8.00. The molecule has 6 heteroatoms. The molecule has 0 spiro atoms. The summed E-state index contributed by atoms with van der Waals surface area (Å²) >= 11 is 23.2. The molecule has 0 aromatic heterocycles. The summed E-state index contributed by atoms with van der Waals surface area (Å²) in [6.45, 7) is 0. The zero-order valence-electron chi connectivity index (χ0n) is 6.75. The Kier molecular flexibility index (Phi) is 4.69. The summed E-state index contributed by atoms with van der Waals surface area (Å²) in [5.74, 6) is 0. The quantitative estimate of drug-likeness (QED) is 0.502. The Morgan fingerprint density at radius 1 is 1.14 bits per heavy atom. The van der Waals surface area contributed by atoms with Gasteiger partial charge in [-0.05, 0) is 24.3 Å². The predicted molar refractivity (Wildman–Crippen MR) is 63.6 cm³/mol. The van der Waals surface area contributed by atoms with Gasteiger partial charge in [0.1, 0.15) is 0 Å². The molecular weight excluding hydrogens is 286 g/mol. The van der Waals surface area contributed by atoms with E-state index in [9.17, 15) is 5.11 Å². The molecule has 14 heavy (non-hydrogen) atoms. The van der Waals surface area contributed by atoms with Gasteiger partial charge in [-0.15, -0.1) is 0 Å². The van der Waals surface area contributed by atoms with Crippen LogP contribution >= 0.6 is 58.2 Å².